The summed E-state index contributed by atoms with van der Waals surface area (Å²) in [6, 6.07) is 8.87. The number of piperidine rings is 1. The number of nitrogens with zero attached hydrogens (tertiary/aromatic N) is 1. The number of rotatable bonds is 4. The first kappa shape index (κ1) is 14.2. The first-order valence-electron chi connectivity index (χ1n) is 8.06. The highest BCUT2D eigenvalue weighted by Gasteiger charge is 2.32. The smallest absolute Gasteiger partial charge is 0.0426 e. The minimum atomic E-state index is 0.806. The Hall–Kier alpha value is -0.730. The molecule has 0 bridgehead atoms. The van der Waals surface area contributed by atoms with Crippen molar-refractivity contribution in [2.24, 2.45) is 5.92 Å². The van der Waals surface area contributed by atoms with Gasteiger partial charge in [-0.3, -0.25) is 4.90 Å². The lowest BCUT2D eigenvalue weighted by Gasteiger charge is -2.44. The number of hydrogen-bond donors (Lipinski definition) is 1. The number of fused-ring (bicyclic) bond motifs is 1. The second kappa shape index (κ2) is 6.82. The van der Waals surface area contributed by atoms with E-state index >= 15 is 0 Å². The van der Waals surface area contributed by atoms with Gasteiger partial charge in [-0.15, -0.1) is 0 Å². The number of anilines is 1. The third-order valence-electron chi connectivity index (χ3n) is 4.91. The predicted octanol–water partition coefficient (Wildman–Crippen LogP) is 4.41. The molecular formula is C17H25ClN2. The number of hydrogen-bond acceptors (Lipinski definition) is 2. The molecule has 0 unspecified atom stereocenters. The monoisotopic (exact) mass is 292 g/mol. The lowest BCUT2D eigenvalue weighted by Crippen LogP contribution is -2.48. The second-order valence-electron chi connectivity index (χ2n) is 6.23. The van der Waals surface area contributed by atoms with E-state index in [4.69, 9.17) is 11.6 Å². The Morgan fingerprint density at radius 3 is 2.90 bits per heavy atom. The highest BCUT2D eigenvalue weighted by molar-refractivity contribution is 6.30. The zero-order valence-electron chi connectivity index (χ0n) is 12.2. The molecule has 0 aromatic heterocycles. The Labute approximate surface area is 127 Å². The Bertz CT molecular complexity index is 433. The van der Waals surface area contributed by atoms with Crippen molar-refractivity contribution in [1.29, 1.82) is 0 Å². The van der Waals surface area contributed by atoms with Gasteiger partial charge in [0.15, 0.2) is 0 Å². The minimum absolute atomic E-state index is 0.806. The molecule has 1 N–H and O–H groups in total. The van der Waals surface area contributed by atoms with Crippen LogP contribution in [0.4, 0.5) is 5.69 Å². The molecule has 1 aliphatic heterocycles. The van der Waals surface area contributed by atoms with Gasteiger partial charge in [-0.1, -0.05) is 30.5 Å². The maximum Gasteiger partial charge on any atom is 0.0426 e. The normalized spacial score (nSPS) is 27.1. The third kappa shape index (κ3) is 3.48. The molecule has 110 valence electrons. The maximum absolute atomic E-state index is 6.01. The fourth-order valence-corrected chi connectivity index (χ4v) is 4.14. The molecule has 3 rings (SSSR count). The molecule has 2 fully saturated rings. The zero-order chi connectivity index (χ0) is 13.8. The summed E-state index contributed by atoms with van der Waals surface area (Å²) in [4.78, 5) is 2.73. The van der Waals surface area contributed by atoms with E-state index in [1.807, 2.05) is 18.2 Å². The Morgan fingerprint density at radius 1 is 1.15 bits per heavy atom. The summed E-state index contributed by atoms with van der Waals surface area (Å²) in [6.45, 7) is 3.47. The minimum Gasteiger partial charge on any atom is -0.384 e. The van der Waals surface area contributed by atoms with Crippen LogP contribution in [0.15, 0.2) is 24.3 Å². The van der Waals surface area contributed by atoms with Gasteiger partial charge in [-0.05, 0) is 56.3 Å². The molecule has 1 aliphatic carbocycles. The fourth-order valence-electron chi connectivity index (χ4n) is 3.95. The van der Waals surface area contributed by atoms with Crippen molar-refractivity contribution in [1.82, 2.24) is 4.90 Å². The molecule has 2 nitrogen and oxygen atoms in total. The maximum atomic E-state index is 6.01. The summed E-state index contributed by atoms with van der Waals surface area (Å²) >= 11 is 6.01. The number of halogens is 1. The largest absolute Gasteiger partial charge is 0.384 e. The average Bonchev–Trinajstić information content (AvgIpc) is 2.48. The average molecular weight is 293 g/mol. The van der Waals surface area contributed by atoms with Gasteiger partial charge in [0.2, 0.25) is 0 Å². The third-order valence-corrected chi connectivity index (χ3v) is 5.15. The van der Waals surface area contributed by atoms with Crippen LogP contribution in [0.2, 0.25) is 5.02 Å². The van der Waals surface area contributed by atoms with Gasteiger partial charge in [-0.2, -0.15) is 0 Å². The fraction of sp³-hybridized carbons (Fsp3) is 0.647. The molecule has 2 aliphatic rings. The lowest BCUT2D eigenvalue weighted by atomic mass is 9.78. The van der Waals surface area contributed by atoms with Crippen LogP contribution in [-0.4, -0.2) is 30.6 Å². The molecule has 0 radical (unpaired) electrons. The molecule has 1 heterocycles. The van der Waals surface area contributed by atoms with Gasteiger partial charge in [-0.25, -0.2) is 0 Å². The molecule has 1 saturated carbocycles. The van der Waals surface area contributed by atoms with Crippen LogP contribution in [0.5, 0.6) is 0 Å². The van der Waals surface area contributed by atoms with Gasteiger partial charge in [0.25, 0.3) is 0 Å². The SMILES string of the molecule is Clc1cccc(NCCN2CCC[C@H]3CCCC[C@H]32)c1. The summed E-state index contributed by atoms with van der Waals surface area (Å²) < 4.78 is 0. The van der Waals surface area contributed by atoms with Gasteiger partial charge in [0, 0.05) is 29.8 Å². The number of likely N-dealkylation sites (tertiary alicyclic amines) is 1. The van der Waals surface area contributed by atoms with Gasteiger partial charge in [0.05, 0.1) is 0 Å². The molecular weight excluding hydrogens is 268 g/mol. The van der Waals surface area contributed by atoms with Crippen molar-refractivity contribution in [3.8, 4) is 0 Å². The van der Waals surface area contributed by atoms with E-state index in [1.165, 1.54) is 45.1 Å². The van der Waals surface area contributed by atoms with E-state index < -0.39 is 0 Å². The molecule has 0 amide bonds. The van der Waals surface area contributed by atoms with E-state index in [0.717, 1.165) is 35.8 Å². The quantitative estimate of drug-likeness (QED) is 0.884. The van der Waals surface area contributed by atoms with Crippen molar-refractivity contribution in [2.75, 3.05) is 25.0 Å². The molecule has 2 atom stereocenters. The number of nitrogens with one attached hydrogen (secondary N) is 1. The van der Waals surface area contributed by atoms with Crippen LogP contribution in [0.3, 0.4) is 0 Å². The van der Waals surface area contributed by atoms with Crippen molar-refractivity contribution in [3.05, 3.63) is 29.3 Å². The molecule has 3 heteroatoms. The Kier molecular flexibility index (Phi) is 4.85. The number of benzene rings is 1. The van der Waals surface area contributed by atoms with E-state index in [1.54, 1.807) is 0 Å². The van der Waals surface area contributed by atoms with Gasteiger partial charge >= 0.3 is 0 Å². The summed E-state index contributed by atoms with van der Waals surface area (Å²) in [5, 5.41) is 4.31. The Morgan fingerprint density at radius 2 is 2.00 bits per heavy atom. The van der Waals surface area contributed by atoms with Crippen LogP contribution < -0.4 is 5.32 Å². The first-order chi connectivity index (χ1) is 9.83. The van der Waals surface area contributed by atoms with Crippen LogP contribution in [0.25, 0.3) is 0 Å². The van der Waals surface area contributed by atoms with Crippen LogP contribution >= 0.6 is 11.6 Å². The second-order valence-corrected chi connectivity index (χ2v) is 6.66. The van der Waals surface area contributed by atoms with E-state index in [2.05, 4.69) is 16.3 Å². The molecule has 20 heavy (non-hydrogen) atoms. The van der Waals surface area contributed by atoms with Crippen molar-refractivity contribution in [2.45, 2.75) is 44.6 Å². The van der Waals surface area contributed by atoms with E-state index in [-0.39, 0.29) is 0 Å². The van der Waals surface area contributed by atoms with Crippen LogP contribution in [0, 0.1) is 5.92 Å². The van der Waals surface area contributed by atoms with E-state index in [9.17, 15) is 0 Å². The first-order valence-corrected chi connectivity index (χ1v) is 8.44. The standard InChI is InChI=1S/C17H25ClN2/c18-15-7-3-8-16(13-15)19-10-12-20-11-4-6-14-5-1-2-9-17(14)20/h3,7-8,13-14,17,19H,1-2,4-6,9-12H2/t14-,17-/m1/s1. The van der Waals surface area contributed by atoms with Crippen molar-refractivity contribution < 1.29 is 0 Å². The Balaban J connectivity index is 1.50. The zero-order valence-corrected chi connectivity index (χ0v) is 12.9. The van der Waals surface area contributed by atoms with Crippen molar-refractivity contribution >= 4 is 17.3 Å². The predicted molar refractivity (Wildman–Crippen MR) is 86.5 cm³/mol. The van der Waals surface area contributed by atoms with Gasteiger partial charge < -0.3 is 5.32 Å². The summed E-state index contributed by atoms with van der Waals surface area (Å²) in [5.74, 6) is 0.976. The van der Waals surface area contributed by atoms with Crippen LogP contribution in [0.1, 0.15) is 38.5 Å². The lowest BCUT2D eigenvalue weighted by molar-refractivity contribution is 0.0645. The molecule has 0 spiro atoms. The van der Waals surface area contributed by atoms with Crippen molar-refractivity contribution in [3.63, 3.8) is 0 Å². The highest BCUT2D eigenvalue weighted by atomic mass is 35.5. The molecule has 1 aromatic rings. The summed E-state index contributed by atoms with van der Waals surface area (Å²) in [7, 11) is 0. The van der Waals surface area contributed by atoms with E-state index in [0.29, 0.717) is 0 Å². The topological polar surface area (TPSA) is 15.3 Å². The van der Waals surface area contributed by atoms with Gasteiger partial charge in [0.1, 0.15) is 0 Å². The highest BCUT2D eigenvalue weighted by Crippen LogP contribution is 2.34. The summed E-state index contributed by atoms with van der Waals surface area (Å²) in [6.07, 6.45) is 8.61. The molecule has 1 aromatic carbocycles. The molecule has 1 saturated heterocycles. The summed E-state index contributed by atoms with van der Waals surface area (Å²) in [5.41, 5.74) is 1.13. The van der Waals surface area contributed by atoms with Crippen LogP contribution in [-0.2, 0) is 0 Å².